The summed E-state index contributed by atoms with van der Waals surface area (Å²) in [6.45, 7) is 3.48. The standard InChI is InChI=1S/C21H22F3N5O3/c1-12-7-8-14(19-27-17(13(2)32-19)18(30)21(22,23)24)11-28(12)20(31)15-5-3-4-6-16(15)29-25-9-10-26-29/h3-6,9-10,12,14,18,30H,7-8,11H2,1-2H3/t12-,14?,18?/m1/s1. The summed E-state index contributed by atoms with van der Waals surface area (Å²) in [6, 6.07) is 6.86. The van der Waals surface area contributed by atoms with E-state index in [2.05, 4.69) is 15.2 Å². The van der Waals surface area contributed by atoms with Crippen LogP contribution in [0, 0.1) is 6.92 Å². The van der Waals surface area contributed by atoms with Crippen molar-refractivity contribution in [2.24, 2.45) is 0 Å². The number of benzene rings is 1. The number of alkyl halides is 3. The van der Waals surface area contributed by atoms with Gasteiger partial charge in [0.15, 0.2) is 12.0 Å². The second-order valence-corrected chi connectivity index (χ2v) is 7.85. The second-order valence-electron chi connectivity index (χ2n) is 7.85. The van der Waals surface area contributed by atoms with E-state index in [1.54, 1.807) is 29.2 Å². The maximum Gasteiger partial charge on any atom is 0.420 e. The number of carbonyl (C=O) groups excluding carboxylic acids is 1. The molecule has 1 amide bonds. The lowest BCUT2D eigenvalue weighted by Crippen LogP contribution is -2.45. The van der Waals surface area contributed by atoms with Crippen LogP contribution in [0.5, 0.6) is 0 Å². The van der Waals surface area contributed by atoms with Gasteiger partial charge in [-0.25, -0.2) is 4.98 Å². The quantitative estimate of drug-likeness (QED) is 0.654. The van der Waals surface area contributed by atoms with Crippen LogP contribution >= 0.6 is 0 Å². The van der Waals surface area contributed by atoms with Crippen molar-refractivity contribution in [3.05, 3.63) is 59.6 Å². The molecule has 3 aromatic rings. The van der Waals surface area contributed by atoms with Crippen LogP contribution in [-0.4, -0.2) is 54.7 Å². The number of halogens is 3. The predicted octanol–water partition coefficient (Wildman–Crippen LogP) is 3.57. The number of oxazole rings is 1. The number of nitrogens with zero attached hydrogens (tertiary/aromatic N) is 5. The molecule has 1 fully saturated rings. The lowest BCUT2D eigenvalue weighted by atomic mass is 9.92. The first-order valence-corrected chi connectivity index (χ1v) is 10.2. The highest BCUT2D eigenvalue weighted by Gasteiger charge is 2.43. The number of para-hydroxylation sites is 1. The highest BCUT2D eigenvalue weighted by molar-refractivity contribution is 5.98. The summed E-state index contributed by atoms with van der Waals surface area (Å²) >= 11 is 0. The van der Waals surface area contributed by atoms with E-state index in [-0.39, 0.29) is 30.1 Å². The number of amides is 1. The third-order valence-electron chi connectivity index (χ3n) is 5.68. The third-order valence-corrected chi connectivity index (χ3v) is 5.68. The van der Waals surface area contributed by atoms with E-state index in [1.165, 1.54) is 24.1 Å². The van der Waals surface area contributed by atoms with Crippen LogP contribution < -0.4 is 0 Å². The third kappa shape index (κ3) is 4.12. The van der Waals surface area contributed by atoms with Gasteiger partial charge in [0.05, 0.1) is 29.6 Å². The summed E-state index contributed by atoms with van der Waals surface area (Å²) in [6.07, 6.45) is -3.32. The molecule has 1 aliphatic heterocycles. The monoisotopic (exact) mass is 449 g/mol. The minimum atomic E-state index is -4.84. The average Bonchev–Trinajstić information content (AvgIpc) is 3.42. The van der Waals surface area contributed by atoms with Crippen molar-refractivity contribution in [3.63, 3.8) is 0 Å². The zero-order valence-electron chi connectivity index (χ0n) is 17.5. The molecule has 8 nitrogen and oxygen atoms in total. The van der Waals surface area contributed by atoms with E-state index in [0.29, 0.717) is 24.1 Å². The molecule has 3 atom stereocenters. The normalized spacial score (nSPS) is 20.4. The molecule has 2 aromatic heterocycles. The number of aliphatic hydroxyl groups excluding tert-OH is 1. The molecule has 32 heavy (non-hydrogen) atoms. The van der Waals surface area contributed by atoms with Crippen LogP contribution in [0.1, 0.15) is 59.5 Å². The fourth-order valence-electron chi connectivity index (χ4n) is 3.93. The molecule has 1 aliphatic rings. The molecule has 3 heterocycles. The molecular weight excluding hydrogens is 427 g/mol. The number of likely N-dealkylation sites (tertiary alicyclic amines) is 1. The Kier molecular flexibility index (Phi) is 5.76. The Hall–Kier alpha value is -3.21. The summed E-state index contributed by atoms with van der Waals surface area (Å²) in [7, 11) is 0. The van der Waals surface area contributed by atoms with E-state index < -0.39 is 23.9 Å². The minimum Gasteiger partial charge on any atom is -0.445 e. The summed E-state index contributed by atoms with van der Waals surface area (Å²) in [4.78, 5) is 20.4. The maximum atomic E-state index is 13.4. The van der Waals surface area contributed by atoms with Crippen LogP contribution in [0.2, 0.25) is 0 Å². The van der Waals surface area contributed by atoms with Gasteiger partial charge in [-0.15, -0.1) is 0 Å². The molecule has 1 aromatic carbocycles. The lowest BCUT2D eigenvalue weighted by Gasteiger charge is -2.37. The maximum absolute atomic E-state index is 13.4. The van der Waals surface area contributed by atoms with Crippen LogP contribution in [0.25, 0.3) is 5.69 Å². The Balaban J connectivity index is 1.60. The number of aliphatic hydroxyl groups is 1. The topological polar surface area (TPSA) is 97.3 Å². The average molecular weight is 449 g/mol. The first-order valence-electron chi connectivity index (χ1n) is 10.2. The summed E-state index contributed by atoms with van der Waals surface area (Å²) in [5, 5.41) is 17.8. The Labute approximate surface area is 181 Å². The first kappa shape index (κ1) is 22.0. The van der Waals surface area contributed by atoms with Gasteiger partial charge >= 0.3 is 6.18 Å². The van der Waals surface area contributed by atoms with E-state index in [1.807, 2.05) is 6.92 Å². The van der Waals surface area contributed by atoms with E-state index >= 15 is 0 Å². The Morgan fingerprint density at radius 2 is 1.91 bits per heavy atom. The van der Waals surface area contributed by atoms with Gasteiger partial charge in [-0.1, -0.05) is 12.1 Å². The molecule has 2 unspecified atom stereocenters. The number of aryl methyl sites for hydroxylation is 1. The van der Waals surface area contributed by atoms with Gasteiger partial charge in [-0.2, -0.15) is 28.2 Å². The largest absolute Gasteiger partial charge is 0.445 e. The van der Waals surface area contributed by atoms with E-state index in [9.17, 15) is 23.1 Å². The van der Waals surface area contributed by atoms with Gasteiger partial charge in [-0.3, -0.25) is 4.79 Å². The predicted molar refractivity (Wildman–Crippen MR) is 106 cm³/mol. The zero-order chi connectivity index (χ0) is 23.0. The number of hydrogen-bond acceptors (Lipinski definition) is 6. The fraction of sp³-hybridized carbons (Fsp3) is 0.429. The molecule has 0 spiro atoms. The fourth-order valence-corrected chi connectivity index (χ4v) is 3.93. The summed E-state index contributed by atoms with van der Waals surface area (Å²) in [5.74, 6) is -0.629. The smallest absolute Gasteiger partial charge is 0.420 e. The highest BCUT2D eigenvalue weighted by Crippen LogP contribution is 2.37. The number of rotatable bonds is 4. The Morgan fingerprint density at radius 3 is 2.59 bits per heavy atom. The van der Waals surface area contributed by atoms with Crippen LogP contribution in [0.3, 0.4) is 0 Å². The second kappa shape index (κ2) is 8.38. The lowest BCUT2D eigenvalue weighted by molar-refractivity contribution is -0.208. The van der Waals surface area contributed by atoms with Crippen molar-refractivity contribution in [3.8, 4) is 5.69 Å². The molecule has 1 N–H and O–H groups in total. The van der Waals surface area contributed by atoms with Crippen LogP contribution in [-0.2, 0) is 0 Å². The zero-order valence-corrected chi connectivity index (χ0v) is 17.5. The van der Waals surface area contributed by atoms with Crippen LogP contribution in [0.15, 0.2) is 41.1 Å². The molecule has 0 aliphatic carbocycles. The van der Waals surface area contributed by atoms with Gasteiger partial charge in [0.2, 0.25) is 0 Å². The van der Waals surface area contributed by atoms with E-state index in [4.69, 9.17) is 4.42 Å². The van der Waals surface area contributed by atoms with Crippen molar-refractivity contribution >= 4 is 5.91 Å². The van der Waals surface area contributed by atoms with Gasteiger partial charge in [0, 0.05) is 12.6 Å². The Bertz CT molecular complexity index is 1100. The molecule has 1 saturated heterocycles. The van der Waals surface area contributed by atoms with Crippen molar-refractivity contribution < 1.29 is 27.5 Å². The van der Waals surface area contributed by atoms with Crippen molar-refractivity contribution in [1.29, 1.82) is 0 Å². The van der Waals surface area contributed by atoms with Gasteiger partial charge in [0.25, 0.3) is 5.91 Å². The molecule has 4 rings (SSSR count). The van der Waals surface area contributed by atoms with Gasteiger partial charge in [-0.05, 0) is 38.8 Å². The summed E-state index contributed by atoms with van der Waals surface area (Å²) in [5.41, 5.74) is 0.395. The highest BCUT2D eigenvalue weighted by atomic mass is 19.4. The number of carbonyl (C=O) groups is 1. The summed E-state index contributed by atoms with van der Waals surface area (Å²) < 4.78 is 44.3. The number of piperidine rings is 1. The number of aromatic nitrogens is 4. The van der Waals surface area contributed by atoms with Gasteiger partial charge in [0.1, 0.15) is 11.5 Å². The molecule has 0 saturated carbocycles. The minimum absolute atomic E-state index is 0.0866. The first-order chi connectivity index (χ1) is 15.2. The number of hydrogen-bond donors (Lipinski definition) is 1. The van der Waals surface area contributed by atoms with Crippen molar-refractivity contribution in [2.45, 2.75) is 50.9 Å². The SMILES string of the molecule is Cc1oc(C2CC[C@@H](C)N(C(=O)c3ccccc3-n3nccn3)C2)nc1C(O)C(F)(F)F. The van der Waals surface area contributed by atoms with E-state index in [0.717, 1.165) is 0 Å². The van der Waals surface area contributed by atoms with Gasteiger partial charge < -0.3 is 14.4 Å². The molecule has 0 radical (unpaired) electrons. The molecule has 0 bridgehead atoms. The van der Waals surface area contributed by atoms with Crippen LogP contribution in [0.4, 0.5) is 13.2 Å². The molecule has 170 valence electrons. The van der Waals surface area contributed by atoms with Crippen molar-refractivity contribution in [2.75, 3.05) is 6.54 Å². The molecular formula is C21H22F3N5O3. The molecule has 11 heteroatoms. The Morgan fingerprint density at radius 1 is 1.22 bits per heavy atom. The van der Waals surface area contributed by atoms with Crippen molar-refractivity contribution in [1.82, 2.24) is 24.9 Å².